The Morgan fingerprint density at radius 1 is 0.320 bits per heavy atom. The van der Waals surface area contributed by atoms with Crippen molar-refractivity contribution in [2.45, 2.75) is 0 Å². The van der Waals surface area contributed by atoms with Crippen molar-refractivity contribution in [2.75, 3.05) is 0 Å². The number of aromatic nitrogens is 5. The Morgan fingerprint density at radius 3 is 1.54 bits per heavy atom. The van der Waals surface area contributed by atoms with Crippen LogP contribution in [0.25, 0.3) is 100 Å². The fourth-order valence-electron chi connectivity index (χ4n) is 8.01. The second kappa shape index (κ2) is 10.3. The zero-order valence-corrected chi connectivity index (χ0v) is 26.8. The molecule has 0 radical (unpaired) electrons. The predicted octanol–water partition coefficient (Wildman–Crippen LogP) is 11.0. The topological polar surface area (TPSA) is 48.5 Å². The predicted molar refractivity (Wildman–Crippen MR) is 204 cm³/mol. The summed E-state index contributed by atoms with van der Waals surface area (Å²) in [5.74, 6) is 1.85. The van der Waals surface area contributed by atoms with Crippen molar-refractivity contribution >= 4 is 43.6 Å². The molecule has 232 valence electrons. The van der Waals surface area contributed by atoms with Gasteiger partial charge in [-0.1, -0.05) is 152 Å². The number of para-hydroxylation sites is 3. The van der Waals surface area contributed by atoms with Crippen molar-refractivity contribution < 1.29 is 0 Å². The highest BCUT2D eigenvalue weighted by Crippen LogP contribution is 2.48. The lowest BCUT2D eigenvalue weighted by atomic mass is 9.94. The number of rotatable bonds is 3. The lowest BCUT2D eigenvalue weighted by Gasteiger charge is -2.14. The number of benzene rings is 7. The highest BCUT2D eigenvalue weighted by molar-refractivity contribution is 6.26. The van der Waals surface area contributed by atoms with E-state index in [1.807, 2.05) is 36.4 Å². The molecule has 10 aromatic rings. The van der Waals surface area contributed by atoms with Crippen molar-refractivity contribution in [1.82, 2.24) is 24.1 Å². The molecular formula is C45H27N5. The van der Waals surface area contributed by atoms with Gasteiger partial charge in [-0.3, -0.25) is 4.57 Å². The molecule has 5 nitrogen and oxygen atoms in total. The molecule has 1 aliphatic heterocycles. The summed E-state index contributed by atoms with van der Waals surface area (Å²) < 4.78 is 4.75. The van der Waals surface area contributed by atoms with E-state index >= 15 is 0 Å². The van der Waals surface area contributed by atoms with Gasteiger partial charge in [0.15, 0.2) is 11.6 Å². The molecule has 0 N–H and O–H groups in total. The molecule has 0 saturated carbocycles. The third-order valence-electron chi connectivity index (χ3n) is 10.1. The van der Waals surface area contributed by atoms with Crippen LogP contribution in [0.1, 0.15) is 0 Å². The second-order valence-corrected chi connectivity index (χ2v) is 12.8. The molecule has 5 heteroatoms. The van der Waals surface area contributed by atoms with Gasteiger partial charge in [0.25, 0.3) is 0 Å². The van der Waals surface area contributed by atoms with E-state index in [0.29, 0.717) is 17.6 Å². The van der Waals surface area contributed by atoms with E-state index in [2.05, 4.69) is 137 Å². The maximum atomic E-state index is 5.25. The fraction of sp³-hybridized carbons (Fsp3) is 0. The lowest BCUT2D eigenvalue weighted by Crippen LogP contribution is -2.07. The maximum absolute atomic E-state index is 5.25. The Kier molecular flexibility index (Phi) is 5.60. The van der Waals surface area contributed by atoms with Crippen LogP contribution in [0.2, 0.25) is 0 Å². The zero-order chi connectivity index (χ0) is 32.8. The van der Waals surface area contributed by atoms with Crippen LogP contribution in [0.5, 0.6) is 0 Å². The van der Waals surface area contributed by atoms with E-state index < -0.39 is 0 Å². The summed E-state index contributed by atoms with van der Waals surface area (Å²) in [7, 11) is 0. The SMILES string of the molecule is c1ccc(-c2nc(-c3ccccc3)nc(-n3c4ccccc4c4ccc5c6cccc7c6n(c5c43)-c3ccccc3-c3ccccc3-7)n2)cc1. The number of nitrogens with zero attached hydrogens (tertiary/aromatic N) is 5. The summed E-state index contributed by atoms with van der Waals surface area (Å²) in [4.78, 5) is 15.5. The minimum atomic E-state index is 0.583. The van der Waals surface area contributed by atoms with Crippen LogP contribution in [0.3, 0.4) is 0 Å². The molecule has 0 bridgehead atoms. The number of fused-ring (bicyclic) bond motifs is 12. The maximum Gasteiger partial charge on any atom is 0.238 e. The Balaban J connectivity index is 1.35. The van der Waals surface area contributed by atoms with Crippen LogP contribution >= 0.6 is 0 Å². The summed E-state index contributed by atoms with van der Waals surface area (Å²) in [5.41, 5.74) is 12.4. The summed E-state index contributed by atoms with van der Waals surface area (Å²) in [5, 5.41) is 4.70. The first-order chi connectivity index (χ1) is 24.8. The molecule has 0 atom stereocenters. The van der Waals surface area contributed by atoms with Gasteiger partial charge in [-0.15, -0.1) is 0 Å². The molecule has 0 saturated heterocycles. The van der Waals surface area contributed by atoms with Gasteiger partial charge in [-0.2, -0.15) is 9.97 Å². The first-order valence-electron chi connectivity index (χ1n) is 16.9. The van der Waals surface area contributed by atoms with Gasteiger partial charge in [0.2, 0.25) is 5.95 Å². The second-order valence-electron chi connectivity index (χ2n) is 12.8. The molecule has 0 aliphatic carbocycles. The van der Waals surface area contributed by atoms with Gasteiger partial charge < -0.3 is 4.57 Å². The van der Waals surface area contributed by atoms with Crippen molar-refractivity contribution in [3.63, 3.8) is 0 Å². The molecule has 50 heavy (non-hydrogen) atoms. The van der Waals surface area contributed by atoms with Gasteiger partial charge in [0.05, 0.1) is 27.8 Å². The first-order valence-corrected chi connectivity index (χ1v) is 16.9. The van der Waals surface area contributed by atoms with Gasteiger partial charge in [-0.25, -0.2) is 4.98 Å². The first kappa shape index (κ1) is 27.1. The molecule has 11 rings (SSSR count). The number of hydrogen-bond donors (Lipinski definition) is 0. The standard InChI is InChI=1S/C45H27N5/c1-3-14-28(15-4-1)43-46-44(29-16-5-2-6-17-29)48-45(47-43)50-39-25-12-10-21-33(39)36-26-27-37-35-23-13-22-34-31-19-8-7-18-30(31)32-20-9-11-24-38(32)49(40(34)35)41(37)42(36)50/h1-27H. The minimum absolute atomic E-state index is 0.583. The summed E-state index contributed by atoms with van der Waals surface area (Å²) >= 11 is 0. The molecule has 0 amide bonds. The molecule has 7 aromatic carbocycles. The monoisotopic (exact) mass is 637 g/mol. The zero-order valence-electron chi connectivity index (χ0n) is 26.8. The Bertz CT molecular complexity index is 2920. The van der Waals surface area contributed by atoms with Crippen LogP contribution in [0, 0.1) is 0 Å². The van der Waals surface area contributed by atoms with E-state index in [0.717, 1.165) is 44.1 Å². The van der Waals surface area contributed by atoms with E-state index in [9.17, 15) is 0 Å². The molecule has 3 aromatic heterocycles. The largest absolute Gasteiger partial charge is 0.306 e. The van der Waals surface area contributed by atoms with Crippen LogP contribution in [0.4, 0.5) is 0 Å². The normalized spacial score (nSPS) is 12.0. The van der Waals surface area contributed by atoms with E-state index in [4.69, 9.17) is 15.0 Å². The summed E-state index contributed by atoms with van der Waals surface area (Å²) in [6.07, 6.45) is 0. The summed E-state index contributed by atoms with van der Waals surface area (Å²) in [6, 6.07) is 57.8. The summed E-state index contributed by atoms with van der Waals surface area (Å²) in [6.45, 7) is 0. The van der Waals surface area contributed by atoms with Crippen molar-refractivity contribution in [1.29, 1.82) is 0 Å². The Labute approximate surface area is 287 Å². The lowest BCUT2D eigenvalue weighted by molar-refractivity contribution is 0.953. The molecule has 1 aliphatic rings. The van der Waals surface area contributed by atoms with Crippen molar-refractivity contribution in [3.05, 3.63) is 164 Å². The smallest absolute Gasteiger partial charge is 0.238 e. The van der Waals surface area contributed by atoms with Crippen molar-refractivity contribution in [2.24, 2.45) is 0 Å². The quantitative estimate of drug-likeness (QED) is 0.194. The molecule has 0 spiro atoms. The molecular weight excluding hydrogens is 611 g/mol. The molecule has 0 fully saturated rings. The number of hydrogen-bond acceptors (Lipinski definition) is 3. The molecule has 4 heterocycles. The van der Waals surface area contributed by atoms with Gasteiger partial charge >= 0.3 is 0 Å². The van der Waals surface area contributed by atoms with Gasteiger partial charge in [0.1, 0.15) is 0 Å². The van der Waals surface area contributed by atoms with Gasteiger partial charge in [0, 0.05) is 43.8 Å². The van der Waals surface area contributed by atoms with E-state index in [1.54, 1.807) is 0 Å². The average molecular weight is 638 g/mol. The van der Waals surface area contributed by atoms with Crippen LogP contribution in [-0.2, 0) is 0 Å². The van der Waals surface area contributed by atoms with E-state index in [-0.39, 0.29) is 0 Å². The Hall–Kier alpha value is -6.85. The Morgan fingerprint density at radius 2 is 0.820 bits per heavy atom. The van der Waals surface area contributed by atoms with Crippen LogP contribution in [0.15, 0.2) is 164 Å². The van der Waals surface area contributed by atoms with Crippen molar-refractivity contribution in [3.8, 4) is 56.7 Å². The average Bonchev–Trinajstić information content (AvgIpc) is 3.67. The third kappa shape index (κ3) is 3.74. The molecule has 0 unspecified atom stereocenters. The fourth-order valence-corrected chi connectivity index (χ4v) is 8.01. The highest BCUT2D eigenvalue weighted by Gasteiger charge is 2.27. The highest BCUT2D eigenvalue weighted by atomic mass is 15.2. The van der Waals surface area contributed by atoms with Gasteiger partial charge in [-0.05, 0) is 23.3 Å². The minimum Gasteiger partial charge on any atom is -0.306 e. The van der Waals surface area contributed by atoms with Crippen LogP contribution in [-0.4, -0.2) is 24.1 Å². The third-order valence-corrected chi connectivity index (χ3v) is 10.1. The van der Waals surface area contributed by atoms with Crippen LogP contribution < -0.4 is 0 Å². The van der Waals surface area contributed by atoms with E-state index in [1.165, 1.54) is 38.5 Å².